The average molecular weight is 347 g/mol. The first-order chi connectivity index (χ1) is 11.9. The highest BCUT2D eigenvalue weighted by Crippen LogP contribution is 2.21. The number of non-ortho nitro benzene ring substituents is 1. The summed E-state index contributed by atoms with van der Waals surface area (Å²) in [5.41, 5.74) is 6.35. The van der Waals surface area contributed by atoms with Gasteiger partial charge in [0.15, 0.2) is 0 Å². The number of hydrogen-bond donors (Lipinski definition) is 1. The lowest BCUT2D eigenvalue weighted by Crippen LogP contribution is -2.65. The summed E-state index contributed by atoms with van der Waals surface area (Å²) in [7, 11) is 0. The summed E-state index contributed by atoms with van der Waals surface area (Å²) in [4.78, 5) is 42.1. The largest absolute Gasteiger partial charge is 0.332 e. The maximum atomic E-state index is 12.6. The quantitative estimate of drug-likeness (QED) is 0.623. The molecule has 1 heterocycles. The number of rotatable bonds is 6. The number of imide groups is 1. The fourth-order valence-corrected chi connectivity index (χ4v) is 2.56. The number of urea groups is 1. The molecule has 1 fully saturated rings. The number of nitrogens with two attached hydrogens (primary N) is 1. The molecule has 2 rings (SSSR count). The third-order valence-corrected chi connectivity index (χ3v) is 3.75. The molecule has 1 saturated heterocycles. The van der Waals surface area contributed by atoms with Gasteiger partial charge in [-0.3, -0.25) is 24.7 Å². The molecule has 9 nitrogen and oxygen atoms in total. The van der Waals surface area contributed by atoms with E-state index in [-0.39, 0.29) is 11.5 Å². The monoisotopic (exact) mass is 347 g/mol. The number of carbonyl (C=O) groups excluding carboxylic acids is 2. The summed E-state index contributed by atoms with van der Waals surface area (Å²) in [5.74, 6) is -0.321. The van der Waals surface area contributed by atoms with E-state index in [1.807, 2.05) is 13.8 Å². The predicted molar refractivity (Wildman–Crippen MR) is 92.6 cm³/mol. The van der Waals surface area contributed by atoms with E-state index in [2.05, 4.69) is 4.99 Å². The van der Waals surface area contributed by atoms with Crippen molar-refractivity contribution in [2.75, 3.05) is 13.1 Å². The van der Waals surface area contributed by atoms with Crippen LogP contribution in [0.3, 0.4) is 0 Å². The fraction of sp³-hybridized carbons (Fsp3) is 0.438. The highest BCUT2D eigenvalue weighted by atomic mass is 16.6. The van der Waals surface area contributed by atoms with Crippen LogP contribution in [0.5, 0.6) is 0 Å². The molecule has 0 radical (unpaired) electrons. The molecular weight excluding hydrogens is 326 g/mol. The van der Waals surface area contributed by atoms with Gasteiger partial charge in [0.25, 0.3) is 11.6 Å². The number of amidine groups is 1. The smallest absolute Gasteiger partial charge is 0.314 e. The SMILES string of the molecule is CCCN1C(=O)C(N)/C(=N/c2ccc([N+](=O)[O-])cc2)N(CCC)C1=O. The lowest BCUT2D eigenvalue weighted by atomic mass is 10.1. The molecule has 1 unspecified atom stereocenters. The summed E-state index contributed by atoms with van der Waals surface area (Å²) in [5, 5.41) is 10.7. The Balaban J connectivity index is 2.40. The standard InChI is InChI=1S/C16H21N5O4/c1-3-9-19-14(13(17)15(22)20(10-4-2)16(19)23)18-11-5-7-12(8-6-11)21(24)25/h5-8,13H,3-4,9-10,17H2,1-2H3/b18-14-. The molecule has 0 aromatic heterocycles. The summed E-state index contributed by atoms with van der Waals surface area (Å²) < 4.78 is 0. The fourth-order valence-electron chi connectivity index (χ4n) is 2.56. The first-order valence-electron chi connectivity index (χ1n) is 8.12. The van der Waals surface area contributed by atoms with Gasteiger partial charge >= 0.3 is 6.03 Å². The van der Waals surface area contributed by atoms with Crippen LogP contribution in [0.1, 0.15) is 26.7 Å². The number of carbonyl (C=O) groups is 2. The Morgan fingerprint density at radius 3 is 2.20 bits per heavy atom. The minimum Gasteiger partial charge on any atom is -0.314 e. The molecule has 0 aliphatic carbocycles. The van der Waals surface area contributed by atoms with Crippen molar-refractivity contribution in [1.82, 2.24) is 9.80 Å². The van der Waals surface area contributed by atoms with Crippen molar-refractivity contribution < 1.29 is 14.5 Å². The van der Waals surface area contributed by atoms with Gasteiger partial charge in [-0.2, -0.15) is 0 Å². The van der Waals surface area contributed by atoms with Crippen LogP contribution in [0.25, 0.3) is 0 Å². The van der Waals surface area contributed by atoms with Crippen LogP contribution in [0.15, 0.2) is 29.3 Å². The second-order valence-corrected chi connectivity index (χ2v) is 5.65. The number of benzene rings is 1. The Morgan fingerprint density at radius 2 is 1.68 bits per heavy atom. The van der Waals surface area contributed by atoms with Crippen LogP contribution in [0.2, 0.25) is 0 Å². The molecule has 134 valence electrons. The molecule has 25 heavy (non-hydrogen) atoms. The summed E-state index contributed by atoms with van der Waals surface area (Å²) in [6.45, 7) is 4.46. The molecule has 1 aromatic carbocycles. The minimum atomic E-state index is -1.05. The van der Waals surface area contributed by atoms with E-state index in [1.54, 1.807) is 0 Å². The van der Waals surface area contributed by atoms with Crippen molar-refractivity contribution in [3.05, 3.63) is 34.4 Å². The molecule has 1 aliphatic heterocycles. The first-order valence-corrected chi connectivity index (χ1v) is 8.12. The van der Waals surface area contributed by atoms with E-state index >= 15 is 0 Å². The second-order valence-electron chi connectivity index (χ2n) is 5.65. The number of nitro benzene ring substituents is 1. The van der Waals surface area contributed by atoms with E-state index in [0.29, 0.717) is 31.6 Å². The zero-order valence-corrected chi connectivity index (χ0v) is 14.2. The maximum Gasteiger partial charge on any atom is 0.332 e. The average Bonchev–Trinajstić information content (AvgIpc) is 2.60. The Hall–Kier alpha value is -2.81. The van der Waals surface area contributed by atoms with Crippen molar-refractivity contribution in [3.63, 3.8) is 0 Å². The molecular formula is C16H21N5O4. The topological polar surface area (TPSA) is 122 Å². The highest BCUT2D eigenvalue weighted by Gasteiger charge is 2.41. The van der Waals surface area contributed by atoms with Gasteiger partial charge in [0, 0.05) is 25.2 Å². The number of aliphatic imine (C=N–C) groups is 1. The van der Waals surface area contributed by atoms with Crippen molar-refractivity contribution in [2.45, 2.75) is 32.7 Å². The van der Waals surface area contributed by atoms with Crippen LogP contribution in [0.4, 0.5) is 16.2 Å². The van der Waals surface area contributed by atoms with Gasteiger partial charge in [-0.15, -0.1) is 0 Å². The van der Waals surface area contributed by atoms with Crippen molar-refractivity contribution in [1.29, 1.82) is 0 Å². The van der Waals surface area contributed by atoms with E-state index < -0.39 is 22.9 Å². The molecule has 2 N–H and O–H groups in total. The molecule has 0 bridgehead atoms. The van der Waals surface area contributed by atoms with Crippen molar-refractivity contribution >= 4 is 29.1 Å². The van der Waals surface area contributed by atoms with E-state index in [1.165, 1.54) is 29.2 Å². The maximum absolute atomic E-state index is 12.6. The van der Waals surface area contributed by atoms with Crippen molar-refractivity contribution in [3.8, 4) is 0 Å². The van der Waals surface area contributed by atoms with Crippen LogP contribution in [-0.2, 0) is 4.79 Å². The molecule has 1 aromatic rings. The van der Waals surface area contributed by atoms with Crippen LogP contribution in [-0.4, -0.2) is 51.6 Å². The molecule has 1 aliphatic rings. The van der Waals surface area contributed by atoms with E-state index in [4.69, 9.17) is 5.73 Å². The zero-order chi connectivity index (χ0) is 18.6. The Bertz CT molecular complexity index is 701. The first kappa shape index (κ1) is 18.5. The number of amides is 3. The molecule has 9 heteroatoms. The summed E-state index contributed by atoms with van der Waals surface area (Å²) in [6.07, 6.45) is 1.31. The Labute approximate surface area is 145 Å². The number of hydrogen-bond acceptors (Lipinski definition) is 6. The molecule has 0 spiro atoms. The Morgan fingerprint density at radius 1 is 1.12 bits per heavy atom. The third kappa shape index (κ3) is 3.82. The van der Waals surface area contributed by atoms with Crippen LogP contribution >= 0.6 is 0 Å². The third-order valence-electron chi connectivity index (χ3n) is 3.75. The van der Waals surface area contributed by atoms with Crippen LogP contribution < -0.4 is 5.73 Å². The van der Waals surface area contributed by atoms with Gasteiger partial charge in [-0.05, 0) is 25.0 Å². The van der Waals surface area contributed by atoms with Gasteiger partial charge in [-0.25, -0.2) is 9.79 Å². The second kappa shape index (κ2) is 7.84. The van der Waals surface area contributed by atoms with Gasteiger partial charge in [-0.1, -0.05) is 13.8 Å². The van der Waals surface area contributed by atoms with Gasteiger partial charge < -0.3 is 5.73 Å². The molecule has 1 atom stereocenters. The van der Waals surface area contributed by atoms with Gasteiger partial charge in [0.1, 0.15) is 11.9 Å². The van der Waals surface area contributed by atoms with E-state index in [9.17, 15) is 19.7 Å². The lowest BCUT2D eigenvalue weighted by molar-refractivity contribution is -0.384. The lowest BCUT2D eigenvalue weighted by Gasteiger charge is -2.37. The van der Waals surface area contributed by atoms with E-state index in [0.717, 1.165) is 4.90 Å². The summed E-state index contributed by atoms with van der Waals surface area (Å²) in [6, 6.07) is 4.04. The zero-order valence-electron chi connectivity index (χ0n) is 14.2. The Kier molecular flexibility index (Phi) is 5.81. The molecule has 0 saturated carbocycles. The van der Waals surface area contributed by atoms with Gasteiger partial charge in [0.05, 0.1) is 10.6 Å². The normalized spacial score (nSPS) is 19.6. The minimum absolute atomic E-state index is 0.0661. The number of nitrogens with zero attached hydrogens (tertiary/aromatic N) is 4. The number of nitro groups is 1. The molecule has 3 amide bonds. The van der Waals surface area contributed by atoms with Gasteiger partial charge in [0.2, 0.25) is 0 Å². The van der Waals surface area contributed by atoms with Crippen molar-refractivity contribution in [2.24, 2.45) is 10.7 Å². The summed E-state index contributed by atoms with van der Waals surface area (Å²) >= 11 is 0. The van der Waals surface area contributed by atoms with Crippen LogP contribution in [0, 0.1) is 10.1 Å². The predicted octanol–water partition coefficient (Wildman–Crippen LogP) is 2.04. The highest BCUT2D eigenvalue weighted by molar-refractivity contribution is 6.20.